The number of anilines is 1. The summed E-state index contributed by atoms with van der Waals surface area (Å²) in [5.74, 6) is -0.810. The van der Waals surface area contributed by atoms with Gasteiger partial charge in [0, 0.05) is 6.54 Å². The highest BCUT2D eigenvalue weighted by atomic mass is 16.2. The Labute approximate surface area is 130 Å². The quantitative estimate of drug-likeness (QED) is 0.679. The fourth-order valence-electron chi connectivity index (χ4n) is 2.05. The number of ketones is 1. The Bertz CT molecular complexity index is 898. The molecule has 23 heavy (non-hydrogen) atoms. The normalized spacial score (nSPS) is 10.7. The second-order valence-corrected chi connectivity index (χ2v) is 5.32. The molecule has 0 fully saturated rings. The summed E-state index contributed by atoms with van der Waals surface area (Å²) in [5.41, 5.74) is 4.03. The molecule has 0 saturated heterocycles. The highest BCUT2D eigenvalue weighted by Gasteiger charge is 2.20. The molecule has 0 aromatic carbocycles. The summed E-state index contributed by atoms with van der Waals surface area (Å²) >= 11 is 0. The van der Waals surface area contributed by atoms with Gasteiger partial charge in [-0.15, -0.1) is 5.10 Å². The first kappa shape index (κ1) is 16.2. The predicted octanol–water partition coefficient (Wildman–Crippen LogP) is -0.879. The van der Waals surface area contributed by atoms with Crippen molar-refractivity contribution in [2.45, 2.75) is 26.9 Å². The van der Waals surface area contributed by atoms with E-state index in [2.05, 4.69) is 15.1 Å². The van der Waals surface area contributed by atoms with Crippen molar-refractivity contribution in [3.63, 3.8) is 0 Å². The van der Waals surface area contributed by atoms with Gasteiger partial charge in [0.05, 0.1) is 0 Å². The molecule has 10 nitrogen and oxygen atoms in total. The summed E-state index contributed by atoms with van der Waals surface area (Å²) in [5, 5.41) is 12.4. The zero-order valence-electron chi connectivity index (χ0n) is 12.6. The molecule has 0 unspecified atom stereocenters. The summed E-state index contributed by atoms with van der Waals surface area (Å²) < 4.78 is 2.28. The van der Waals surface area contributed by atoms with Gasteiger partial charge in [0.1, 0.15) is 30.3 Å². The van der Waals surface area contributed by atoms with Crippen molar-refractivity contribution in [1.82, 2.24) is 24.3 Å². The smallest absolute Gasteiger partial charge is 0.329 e. The van der Waals surface area contributed by atoms with Crippen LogP contribution in [0.5, 0.6) is 0 Å². The molecular formula is C13H15N7O3. The van der Waals surface area contributed by atoms with Crippen molar-refractivity contribution >= 4 is 11.6 Å². The Morgan fingerprint density at radius 1 is 1.48 bits per heavy atom. The third-order valence-corrected chi connectivity index (χ3v) is 3.01. The lowest BCUT2D eigenvalue weighted by Crippen LogP contribution is -2.37. The van der Waals surface area contributed by atoms with Gasteiger partial charge in [-0.1, -0.05) is 13.8 Å². The number of H-pyrrole nitrogens is 1. The van der Waals surface area contributed by atoms with E-state index in [9.17, 15) is 14.4 Å². The van der Waals surface area contributed by atoms with Crippen LogP contribution < -0.4 is 17.0 Å². The number of aromatic amines is 1. The standard InChI is InChI=1S/C13H15N7O3/c1-7(2)4-20-11(15)10(12(22)17-13(20)23)8(21)5-19-6-16-9(3-14)18-19/h6-7H,4-5,15H2,1-2H3,(H,17,22,23). The van der Waals surface area contributed by atoms with Crippen molar-refractivity contribution in [2.24, 2.45) is 5.92 Å². The van der Waals surface area contributed by atoms with E-state index >= 15 is 0 Å². The number of rotatable bonds is 5. The first-order valence-corrected chi connectivity index (χ1v) is 6.78. The first-order valence-electron chi connectivity index (χ1n) is 6.78. The van der Waals surface area contributed by atoms with E-state index in [1.807, 2.05) is 13.8 Å². The molecule has 0 bridgehead atoms. The molecule has 0 spiro atoms. The van der Waals surface area contributed by atoms with Crippen molar-refractivity contribution in [3.05, 3.63) is 38.6 Å². The number of nitrogens with two attached hydrogens (primary N) is 1. The molecule has 0 radical (unpaired) electrons. The molecule has 120 valence electrons. The average Bonchev–Trinajstić information content (AvgIpc) is 2.90. The molecule has 0 aliphatic heterocycles. The van der Waals surface area contributed by atoms with Crippen molar-refractivity contribution in [3.8, 4) is 6.07 Å². The summed E-state index contributed by atoms with van der Waals surface area (Å²) in [6.45, 7) is 3.69. The van der Waals surface area contributed by atoms with E-state index in [0.29, 0.717) is 0 Å². The molecular weight excluding hydrogens is 302 g/mol. The Morgan fingerprint density at radius 3 is 2.74 bits per heavy atom. The number of carbonyl (C=O) groups excluding carboxylic acids is 1. The number of nitrogens with zero attached hydrogens (tertiary/aromatic N) is 5. The molecule has 0 atom stereocenters. The van der Waals surface area contributed by atoms with Gasteiger partial charge in [-0.3, -0.25) is 19.1 Å². The van der Waals surface area contributed by atoms with Crippen LogP contribution in [0.2, 0.25) is 0 Å². The zero-order valence-corrected chi connectivity index (χ0v) is 12.6. The molecule has 2 rings (SSSR count). The van der Waals surface area contributed by atoms with Crippen LogP contribution in [0.25, 0.3) is 0 Å². The van der Waals surface area contributed by atoms with Gasteiger partial charge in [-0.2, -0.15) is 5.26 Å². The van der Waals surface area contributed by atoms with Crippen molar-refractivity contribution in [2.75, 3.05) is 5.73 Å². The van der Waals surface area contributed by atoms with Crippen LogP contribution >= 0.6 is 0 Å². The summed E-state index contributed by atoms with van der Waals surface area (Å²) in [6.07, 6.45) is 1.20. The lowest BCUT2D eigenvalue weighted by molar-refractivity contribution is 0.0966. The maximum absolute atomic E-state index is 12.3. The second kappa shape index (κ2) is 6.27. The van der Waals surface area contributed by atoms with Gasteiger partial charge in [0.15, 0.2) is 5.78 Å². The Balaban J connectivity index is 2.42. The van der Waals surface area contributed by atoms with Gasteiger partial charge in [-0.05, 0) is 5.92 Å². The molecule has 10 heteroatoms. The number of Topliss-reactive ketones (excluding diaryl/α,β-unsaturated/α-hetero) is 1. The highest BCUT2D eigenvalue weighted by molar-refractivity contribution is 5.99. The molecule has 0 aliphatic rings. The van der Waals surface area contributed by atoms with Crippen LogP contribution in [0.1, 0.15) is 30.0 Å². The van der Waals surface area contributed by atoms with Gasteiger partial charge < -0.3 is 5.73 Å². The molecule has 3 N–H and O–H groups in total. The van der Waals surface area contributed by atoms with Crippen molar-refractivity contribution in [1.29, 1.82) is 5.26 Å². The molecule has 0 saturated carbocycles. The maximum atomic E-state index is 12.3. The van der Waals surface area contributed by atoms with Gasteiger partial charge in [-0.25, -0.2) is 14.5 Å². The minimum atomic E-state index is -0.849. The largest absolute Gasteiger partial charge is 0.384 e. The minimum Gasteiger partial charge on any atom is -0.384 e. The van der Waals surface area contributed by atoms with E-state index < -0.39 is 17.0 Å². The van der Waals surface area contributed by atoms with Crippen LogP contribution in [-0.4, -0.2) is 30.1 Å². The predicted molar refractivity (Wildman–Crippen MR) is 79.6 cm³/mol. The number of aromatic nitrogens is 5. The number of nitrogens with one attached hydrogen (secondary N) is 1. The molecule has 2 aromatic rings. The molecule has 2 heterocycles. The minimum absolute atomic E-state index is 0.0931. The van der Waals surface area contributed by atoms with E-state index in [1.54, 1.807) is 6.07 Å². The number of carbonyl (C=O) groups is 1. The molecule has 0 amide bonds. The molecule has 2 aromatic heterocycles. The topological polar surface area (TPSA) is 152 Å². The monoisotopic (exact) mass is 317 g/mol. The maximum Gasteiger partial charge on any atom is 0.329 e. The number of hydrogen-bond donors (Lipinski definition) is 2. The first-order chi connectivity index (χ1) is 10.8. The Kier molecular flexibility index (Phi) is 4.40. The lowest BCUT2D eigenvalue weighted by Gasteiger charge is -2.13. The second-order valence-electron chi connectivity index (χ2n) is 5.32. The van der Waals surface area contributed by atoms with E-state index in [1.165, 1.54) is 6.33 Å². The van der Waals surface area contributed by atoms with Gasteiger partial charge in [0.2, 0.25) is 0 Å². The van der Waals surface area contributed by atoms with Crippen molar-refractivity contribution < 1.29 is 4.79 Å². The average molecular weight is 317 g/mol. The highest BCUT2D eigenvalue weighted by Crippen LogP contribution is 2.08. The SMILES string of the molecule is CC(C)Cn1c(N)c(C(=O)Cn2cnc(C#N)n2)c(=O)[nH]c1=O. The third-order valence-electron chi connectivity index (χ3n) is 3.01. The van der Waals surface area contributed by atoms with Crippen LogP contribution in [0.3, 0.4) is 0 Å². The van der Waals surface area contributed by atoms with Crippen LogP contribution in [-0.2, 0) is 13.1 Å². The van der Waals surface area contributed by atoms with Crippen LogP contribution in [0.15, 0.2) is 15.9 Å². The van der Waals surface area contributed by atoms with E-state index in [-0.39, 0.29) is 36.2 Å². The fourth-order valence-corrected chi connectivity index (χ4v) is 2.05. The number of nitriles is 1. The van der Waals surface area contributed by atoms with Gasteiger partial charge >= 0.3 is 5.69 Å². The van der Waals surface area contributed by atoms with Gasteiger partial charge in [0.25, 0.3) is 11.4 Å². The third kappa shape index (κ3) is 3.34. The lowest BCUT2D eigenvalue weighted by atomic mass is 10.1. The number of nitrogen functional groups attached to an aromatic ring is 1. The van der Waals surface area contributed by atoms with Crippen LogP contribution in [0, 0.1) is 17.2 Å². The van der Waals surface area contributed by atoms with E-state index in [0.717, 1.165) is 9.25 Å². The Hall–Kier alpha value is -3.22. The number of hydrogen-bond acceptors (Lipinski definition) is 7. The van der Waals surface area contributed by atoms with E-state index in [4.69, 9.17) is 11.0 Å². The Morgan fingerprint density at radius 2 is 2.17 bits per heavy atom. The zero-order chi connectivity index (χ0) is 17.1. The molecule has 0 aliphatic carbocycles. The summed E-state index contributed by atoms with van der Waals surface area (Å²) in [6, 6.07) is 1.73. The summed E-state index contributed by atoms with van der Waals surface area (Å²) in [7, 11) is 0. The van der Waals surface area contributed by atoms with Crippen LogP contribution in [0.4, 0.5) is 5.82 Å². The fraction of sp³-hybridized carbons (Fsp3) is 0.385. The summed E-state index contributed by atoms with van der Waals surface area (Å²) in [4.78, 5) is 41.8.